The number of carbonyl (C=O) groups excluding carboxylic acids is 2. The zero-order valence-electron chi connectivity index (χ0n) is 16.2. The van der Waals surface area contributed by atoms with Crippen molar-refractivity contribution in [3.05, 3.63) is 82.0 Å². The van der Waals surface area contributed by atoms with Gasteiger partial charge in [0.2, 0.25) is 5.91 Å². The van der Waals surface area contributed by atoms with E-state index in [4.69, 9.17) is 11.6 Å². The van der Waals surface area contributed by atoms with Crippen molar-refractivity contribution in [1.82, 2.24) is 15.1 Å². The number of hydrogen-bond acceptors (Lipinski definition) is 4. The lowest BCUT2D eigenvalue weighted by Gasteiger charge is -2.11. The molecule has 2 heterocycles. The summed E-state index contributed by atoms with van der Waals surface area (Å²) in [5.74, 6) is 1.75. The van der Waals surface area contributed by atoms with Gasteiger partial charge in [0.05, 0.1) is 5.69 Å². The van der Waals surface area contributed by atoms with E-state index < -0.39 is 0 Å². The van der Waals surface area contributed by atoms with Crippen LogP contribution >= 0.6 is 23.4 Å². The standard InChI is InChI=1S/C22H21ClN4O2S/c23-17-8-6-16(7-9-17)22(29)25-21-18-13-30-14-19(18)26-27(21)12-20(28)24-11-10-15-4-2-1-3-5-15/h1-9H,10-14H2,(H,24,28)(H,25,29). The van der Waals surface area contributed by atoms with Crippen molar-refractivity contribution in [3.8, 4) is 0 Å². The number of halogens is 1. The first-order chi connectivity index (χ1) is 14.6. The van der Waals surface area contributed by atoms with Crippen LogP contribution in [0.4, 0.5) is 5.82 Å². The predicted molar refractivity (Wildman–Crippen MR) is 120 cm³/mol. The number of benzene rings is 2. The molecule has 0 aliphatic carbocycles. The molecule has 8 heteroatoms. The Hall–Kier alpha value is -2.77. The molecule has 154 valence electrons. The first-order valence-corrected chi connectivity index (χ1v) is 11.2. The summed E-state index contributed by atoms with van der Waals surface area (Å²) in [6.45, 7) is 0.606. The molecule has 0 atom stereocenters. The average molecular weight is 441 g/mol. The summed E-state index contributed by atoms with van der Waals surface area (Å²) < 4.78 is 1.59. The van der Waals surface area contributed by atoms with Crippen LogP contribution in [0.5, 0.6) is 0 Å². The minimum atomic E-state index is -0.253. The molecule has 0 fully saturated rings. The molecule has 3 aromatic rings. The number of nitrogens with one attached hydrogen (secondary N) is 2. The van der Waals surface area contributed by atoms with Gasteiger partial charge in [-0.15, -0.1) is 0 Å². The lowest BCUT2D eigenvalue weighted by atomic mass is 10.1. The van der Waals surface area contributed by atoms with E-state index in [9.17, 15) is 9.59 Å². The molecule has 4 rings (SSSR count). The lowest BCUT2D eigenvalue weighted by molar-refractivity contribution is -0.121. The number of nitrogens with zero attached hydrogens (tertiary/aromatic N) is 2. The fourth-order valence-electron chi connectivity index (χ4n) is 3.28. The van der Waals surface area contributed by atoms with Crippen LogP contribution in [0, 0.1) is 0 Å². The van der Waals surface area contributed by atoms with Gasteiger partial charge in [0.15, 0.2) is 0 Å². The monoisotopic (exact) mass is 440 g/mol. The van der Waals surface area contributed by atoms with Crippen LogP contribution in [-0.2, 0) is 29.3 Å². The summed E-state index contributed by atoms with van der Waals surface area (Å²) in [6, 6.07) is 16.7. The van der Waals surface area contributed by atoms with Gasteiger partial charge < -0.3 is 10.6 Å². The van der Waals surface area contributed by atoms with Crippen LogP contribution in [-0.4, -0.2) is 28.1 Å². The third kappa shape index (κ3) is 4.86. The second-order valence-electron chi connectivity index (χ2n) is 6.97. The zero-order valence-corrected chi connectivity index (χ0v) is 17.8. The third-order valence-electron chi connectivity index (χ3n) is 4.83. The highest BCUT2D eigenvalue weighted by molar-refractivity contribution is 7.98. The normalized spacial score (nSPS) is 12.4. The van der Waals surface area contributed by atoms with Gasteiger partial charge in [-0.1, -0.05) is 41.9 Å². The highest BCUT2D eigenvalue weighted by Crippen LogP contribution is 2.34. The van der Waals surface area contributed by atoms with E-state index >= 15 is 0 Å². The summed E-state index contributed by atoms with van der Waals surface area (Å²) in [4.78, 5) is 25.2. The number of carbonyl (C=O) groups is 2. The van der Waals surface area contributed by atoms with Gasteiger partial charge in [0.25, 0.3) is 5.91 Å². The van der Waals surface area contributed by atoms with Gasteiger partial charge in [0, 0.05) is 34.2 Å². The highest BCUT2D eigenvalue weighted by Gasteiger charge is 2.25. The number of aromatic nitrogens is 2. The Kier molecular flexibility index (Phi) is 6.40. The molecule has 0 saturated heterocycles. The molecule has 0 unspecified atom stereocenters. The molecular formula is C22H21ClN4O2S. The van der Waals surface area contributed by atoms with Gasteiger partial charge in [-0.2, -0.15) is 16.9 Å². The molecule has 6 nitrogen and oxygen atoms in total. The van der Waals surface area contributed by atoms with Crippen molar-refractivity contribution in [2.75, 3.05) is 11.9 Å². The molecule has 1 aliphatic rings. The second kappa shape index (κ2) is 9.36. The van der Waals surface area contributed by atoms with E-state index in [1.54, 1.807) is 40.7 Å². The van der Waals surface area contributed by atoms with E-state index in [0.29, 0.717) is 22.9 Å². The molecule has 0 radical (unpaired) electrons. The van der Waals surface area contributed by atoms with Gasteiger partial charge in [-0.3, -0.25) is 9.59 Å². The minimum absolute atomic E-state index is 0.0582. The van der Waals surface area contributed by atoms with Crippen molar-refractivity contribution in [2.45, 2.75) is 24.5 Å². The van der Waals surface area contributed by atoms with Crippen LogP contribution in [0.2, 0.25) is 5.02 Å². The Morgan fingerprint density at radius 1 is 1.07 bits per heavy atom. The van der Waals surface area contributed by atoms with Crippen molar-refractivity contribution in [3.63, 3.8) is 0 Å². The molecule has 2 aromatic carbocycles. The van der Waals surface area contributed by atoms with Gasteiger partial charge in [-0.05, 0) is 36.2 Å². The largest absolute Gasteiger partial charge is 0.354 e. The molecule has 2 amide bonds. The van der Waals surface area contributed by atoms with Crippen molar-refractivity contribution >= 4 is 41.0 Å². The molecule has 1 aliphatic heterocycles. The smallest absolute Gasteiger partial charge is 0.256 e. The molecule has 2 N–H and O–H groups in total. The van der Waals surface area contributed by atoms with Crippen molar-refractivity contribution in [2.24, 2.45) is 0 Å². The first-order valence-electron chi connectivity index (χ1n) is 9.64. The average Bonchev–Trinajstić information content (AvgIpc) is 3.32. The SMILES string of the molecule is O=C(Cn1nc2c(c1NC(=O)c1ccc(Cl)cc1)CSC2)NCCc1ccccc1. The van der Waals surface area contributed by atoms with E-state index in [0.717, 1.165) is 29.2 Å². The summed E-state index contributed by atoms with van der Waals surface area (Å²) in [6.07, 6.45) is 0.763. The van der Waals surface area contributed by atoms with Crippen LogP contribution in [0.25, 0.3) is 0 Å². The zero-order chi connectivity index (χ0) is 20.9. The van der Waals surface area contributed by atoms with Crippen LogP contribution < -0.4 is 10.6 Å². The minimum Gasteiger partial charge on any atom is -0.354 e. The number of thioether (sulfide) groups is 1. The van der Waals surface area contributed by atoms with Crippen LogP contribution in [0.1, 0.15) is 27.2 Å². The van der Waals surface area contributed by atoms with E-state index in [2.05, 4.69) is 15.7 Å². The van der Waals surface area contributed by atoms with Gasteiger partial charge in [0.1, 0.15) is 12.4 Å². The summed E-state index contributed by atoms with van der Waals surface area (Å²) in [5, 5.41) is 11.0. The number of rotatable bonds is 7. The summed E-state index contributed by atoms with van der Waals surface area (Å²) in [7, 11) is 0. The Labute approximate surface area is 184 Å². The Morgan fingerprint density at radius 2 is 1.83 bits per heavy atom. The Balaban J connectivity index is 1.42. The molecular weight excluding hydrogens is 420 g/mol. The molecule has 0 spiro atoms. The molecule has 0 saturated carbocycles. The molecule has 0 bridgehead atoms. The van der Waals surface area contributed by atoms with Crippen molar-refractivity contribution < 1.29 is 9.59 Å². The Bertz CT molecular complexity index is 1050. The number of hydrogen-bond donors (Lipinski definition) is 2. The number of fused-ring (bicyclic) bond motifs is 1. The molecule has 30 heavy (non-hydrogen) atoms. The quantitative estimate of drug-likeness (QED) is 0.584. The number of anilines is 1. The topological polar surface area (TPSA) is 76.0 Å². The lowest BCUT2D eigenvalue weighted by Crippen LogP contribution is -2.30. The second-order valence-corrected chi connectivity index (χ2v) is 8.39. The van der Waals surface area contributed by atoms with Crippen LogP contribution in [0.3, 0.4) is 0 Å². The maximum absolute atomic E-state index is 12.7. The third-order valence-corrected chi connectivity index (χ3v) is 6.05. The van der Waals surface area contributed by atoms with Crippen LogP contribution in [0.15, 0.2) is 54.6 Å². The maximum Gasteiger partial charge on any atom is 0.256 e. The fourth-order valence-corrected chi connectivity index (χ4v) is 4.44. The highest BCUT2D eigenvalue weighted by atomic mass is 35.5. The summed E-state index contributed by atoms with van der Waals surface area (Å²) >= 11 is 7.65. The van der Waals surface area contributed by atoms with Crippen molar-refractivity contribution in [1.29, 1.82) is 0 Å². The van der Waals surface area contributed by atoms with Gasteiger partial charge >= 0.3 is 0 Å². The van der Waals surface area contributed by atoms with Gasteiger partial charge in [-0.25, -0.2) is 4.68 Å². The fraction of sp³-hybridized carbons (Fsp3) is 0.227. The first kappa shape index (κ1) is 20.5. The maximum atomic E-state index is 12.7. The molecule has 1 aromatic heterocycles. The van der Waals surface area contributed by atoms with E-state index in [-0.39, 0.29) is 18.4 Å². The predicted octanol–water partition coefficient (Wildman–Crippen LogP) is 3.89. The van der Waals surface area contributed by atoms with E-state index in [1.165, 1.54) is 5.56 Å². The Morgan fingerprint density at radius 3 is 2.60 bits per heavy atom. The summed E-state index contributed by atoms with van der Waals surface area (Å²) in [5.41, 5.74) is 3.57. The number of amides is 2. The van der Waals surface area contributed by atoms with E-state index in [1.807, 2.05) is 30.3 Å².